The lowest BCUT2D eigenvalue weighted by Gasteiger charge is -2.33. The molecule has 2 aromatic rings. The van der Waals surface area contributed by atoms with Crippen LogP contribution in [-0.4, -0.2) is 52.6 Å². The number of quaternary nitrogens is 2. The lowest BCUT2D eigenvalue weighted by atomic mass is 10.0. The predicted molar refractivity (Wildman–Crippen MR) is 111 cm³/mol. The summed E-state index contributed by atoms with van der Waals surface area (Å²) in [5.41, 5.74) is 3.13. The highest BCUT2D eigenvalue weighted by molar-refractivity contribution is 5.89. The summed E-state index contributed by atoms with van der Waals surface area (Å²) in [5, 5.41) is 5.99. The van der Waals surface area contributed by atoms with Gasteiger partial charge in [0.2, 0.25) is 6.79 Å². The molecule has 154 valence electrons. The molecule has 1 saturated heterocycles. The molecule has 0 aliphatic carbocycles. The first kappa shape index (κ1) is 19.5. The van der Waals surface area contributed by atoms with Crippen LogP contribution in [0.15, 0.2) is 42.5 Å². The maximum Gasteiger partial charge on any atom is 0.319 e. The molecular formula is C22H30N4O3+2. The van der Waals surface area contributed by atoms with Gasteiger partial charge >= 0.3 is 6.03 Å². The molecule has 2 aliphatic heterocycles. The summed E-state index contributed by atoms with van der Waals surface area (Å²) in [7, 11) is 2.24. The molecule has 2 aliphatic rings. The molecule has 1 atom stereocenters. The van der Waals surface area contributed by atoms with E-state index in [1.165, 1.54) is 16.0 Å². The second-order valence-corrected chi connectivity index (χ2v) is 7.98. The van der Waals surface area contributed by atoms with Crippen LogP contribution in [0.4, 0.5) is 10.5 Å². The largest absolute Gasteiger partial charge is 0.454 e. The number of piperazine rings is 1. The SMILES string of the molecule is Cc1ccc(NC(=O)NC[C@H](c2ccc3c(c2)OCO3)[NH+]2CC[NH+](C)CC2)cc1. The fraction of sp³-hybridized carbons (Fsp3) is 0.409. The van der Waals surface area contributed by atoms with Crippen LogP contribution in [0, 0.1) is 6.92 Å². The van der Waals surface area contributed by atoms with Crippen LogP contribution in [0.25, 0.3) is 0 Å². The van der Waals surface area contributed by atoms with E-state index in [0.717, 1.165) is 43.4 Å². The minimum Gasteiger partial charge on any atom is -0.454 e. The number of amides is 2. The number of likely N-dealkylation sites (N-methyl/N-ethyl adjacent to an activating group) is 1. The molecule has 29 heavy (non-hydrogen) atoms. The number of urea groups is 1. The predicted octanol–water partition coefficient (Wildman–Crippen LogP) is -0.000280. The molecule has 0 spiro atoms. The van der Waals surface area contributed by atoms with E-state index in [-0.39, 0.29) is 18.9 Å². The molecule has 7 heteroatoms. The Balaban J connectivity index is 1.45. The number of carbonyl (C=O) groups excluding carboxylic acids is 1. The van der Waals surface area contributed by atoms with Gasteiger partial charge in [0.15, 0.2) is 11.5 Å². The van der Waals surface area contributed by atoms with Crippen LogP contribution in [0.1, 0.15) is 17.2 Å². The van der Waals surface area contributed by atoms with E-state index < -0.39 is 0 Å². The quantitative estimate of drug-likeness (QED) is 0.573. The number of rotatable bonds is 5. The normalized spacial score (nSPS) is 21.4. The Hall–Kier alpha value is -2.77. The zero-order valence-corrected chi connectivity index (χ0v) is 17.1. The number of carbonyl (C=O) groups is 1. The summed E-state index contributed by atoms with van der Waals surface area (Å²) in [6.45, 7) is 7.27. The first-order valence-electron chi connectivity index (χ1n) is 10.3. The van der Waals surface area contributed by atoms with Gasteiger partial charge in [-0.05, 0) is 37.3 Å². The highest BCUT2D eigenvalue weighted by atomic mass is 16.7. The van der Waals surface area contributed by atoms with E-state index in [1.807, 2.05) is 37.3 Å². The highest BCUT2D eigenvalue weighted by Gasteiger charge is 2.31. The van der Waals surface area contributed by atoms with Crippen LogP contribution in [0.5, 0.6) is 11.5 Å². The van der Waals surface area contributed by atoms with Crippen molar-refractivity contribution in [3.63, 3.8) is 0 Å². The maximum absolute atomic E-state index is 12.5. The van der Waals surface area contributed by atoms with Gasteiger partial charge in [0, 0.05) is 11.3 Å². The summed E-state index contributed by atoms with van der Waals surface area (Å²) in [4.78, 5) is 15.5. The Morgan fingerprint density at radius 1 is 1.03 bits per heavy atom. The first-order chi connectivity index (χ1) is 14.1. The molecule has 2 amide bonds. The van der Waals surface area contributed by atoms with Crippen molar-refractivity contribution in [2.45, 2.75) is 13.0 Å². The average molecular weight is 399 g/mol. The van der Waals surface area contributed by atoms with Crippen molar-refractivity contribution in [2.24, 2.45) is 0 Å². The zero-order chi connectivity index (χ0) is 20.2. The monoisotopic (exact) mass is 398 g/mol. The van der Waals surface area contributed by atoms with Crippen LogP contribution in [-0.2, 0) is 0 Å². The minimum atomic E-state index is -0.182. The summed E-state index contributed by atoms with van der Waals surface area (Å²) in [6.07, 6.45) is 0. The Morgan fingerprint density at radius 2 is 1.76 bits per heavy atom. The fourth-order valence-corrected chi connectivity index (χ4v) is 3.98. The van der Waals surface area contributed by atoms with Crippen LogP contribution in [0.2, 0.25) is 0 Å². The van der Waals surface area contributed by atoms with Crippen LogP contribution >= 0.6 is 0 Å². The number of ether oxygens (including phenoxy) is 2. The molecule has 0 bridgehead atoms. The molecule has 7 nitrogen and oxygen atoms in total. The Labute approximate surface area is 171 Å². The minimum absolute atomic E-state index is 0.168. The topological polar surface area (TPSA) is 68.5 Å². The third-order valence-electron chi connectivity index (χ3n) is 5.81. The van der Waals surface area contributed by atoms with E-state index in [1.54, 1.807) is 4.90 Å². The van der Waals surface area contributed by atoms with Gasteiger partial charge in [-0.25, -0.2) is 4.79 Å². The lowest BCUT2D eigenvalue weighted by molar-refractivity contribution is -1.02. The second kappa shape index (κ2) is 8.71. The van der Waals surface area contributed by atoms with Crippen molar-refractivity contribution in [1.29, 1.82) is 0 Å². The number of benzene rings is 2. The van der Waals surface area contributed by atoms with E-state index in [9.17, 15) is 4.79 Å². The van der Waals surface area contributed by atoms with E-state index in [2.05, 4.69) is 29.8 Å². The van der Waals surface area contributed by atoms with E-state index >= 15 is 0 Å². The summed E-state index contributed by atoms with van der Waals surface area (Å²) >= 11 is 0. The number of nitrogens with one attached hydrogen (secondary N) is 4. The smallest absolute Gasteiger partial charge is 0.319 e. The van der Waals surface area contributed by atoms with Crippen molar-refractivity contribution in [3.05, 3.63) is 53.6 Å². The van der Waals surface area contributed by atoms with Crippen molar-refractivity contribution in [2.75, 3.05) is 51.9 Å². The van der Waals surface area contributed by atoms with E-state index in [0.29, 0.717) is 6.54 Å². The zero-order valence-electron chi connectivity index (χ0n) is 17.1. The summed E-state index contributed by atoms with van der Waals surface area (Å²) in [6, 6.07) is 13.9. The Kier molecular flexibility index (Phi) is 5.87. The molecule has 4 N–H and O–H groups in total. The van der Waals surface area contributed by atoms with Gasteiger partial charge in [0.05, 0.1) is 13.6 Å². The first-order valence-corrected chi connectivity index (χ1v) is 10.3. The van der Waals surface area contributed by atoms with Crippen molar-refractivity contribution in [1.82, 2.24) is 5.32 Å². The average Bonchev–Trinajstić information content (AvgIpc) is 3.19. The van der Waals surface area contributed by atoms with Crippen molar-refractivity contribution >= 4 is 11.7 Å². The second-order valence-electron chi connectivity index (χ2n) is 7.98. The molecule has 0 aromatic heterocycles. The van der Waals surface area contributed by atoms with E-state index in [4.69, 9.17) is 9.47 Å². The van der Waals surface area contributed by atoms with Gasteiger partial charge in [-0.15, -0.1) is 0 Å². The van der Waals surface area contributed by atoms with Gasteiger partial charge in [0.1, 0.15) is 32.2 Å². The van der Waals surface area contributed by atoms with Crippen molar-refractivity contribution in [3.8, 4) is 11.5 Å². The lowest BCUT2D eigenvalue weighted by Crippen LogP contribution is -3.27. The molecule has 4 rings (SSSR count). The number of hydrogen-bond acceptors (Lipinski definition) is 3. The number of hydrogen-bond donors (Lipinski definition) is 4. The third kappa shape index (κ3) is 4.81. The molecule has 0 radical (unpaired) electrons. The summed E-state index contributed by atoms with van der Waals surface area (Å²) in [5.74, 6) is 1.58. The molecule has 2 aromatic carbocycles. The van der Waals surface area contributed by atoms with Crippen LogP contribution in [0.3, 0.4) is 0 Å². The Bertz CT molecular complexity index is 848. The highest BCUT2D eigenvalue weighted by Crippen LogP contribution is 2.33. The standard InChI is InChI=1S/C22H28N4O3/c1-16-3-6-18(7-4-16)24-22(27)23-14-19(26-11-9-25(2)10-12-26)17-5-8-20-21(13-17)29-15-28-20/h3-8,13,19H,9-12,14-15H2,1-2H3,(H2,23,24,27)/p+2/t19-/m1/s1. The summed E-state index contributed by atoms with van der Waals surface area (Å²) < 4.78 is 11.0. The molecule has 0 unspecified atom stereocenters. The molecule has 1 fully saturated rings. The third-order valence-corrected chi connectivity index (χ3v) is 5.81. The molecule has 2 heterocycles. The Morgan fingerprint density at radius 3 is 2.52 bits per heavy atom. The number of fused-ring (bicyclic) bond motifs is 1. The molecular weight excluding hydrogens is 368 g/mol. The van der Waals surface area contributed by atoms with Gasteiger partial charge in [-0.1, -0.05) is 17.7 Å². The maximum atomic E-state index is 12.5. The van der Waals surface area contributed by atoms with Gasteiger partial charge < -0.3 is 29.9 Å². The molecule has 0 saturated carbocycles. The van der Waals surface area contributed by atoms with Crippen LogP contribution < -0.4 is 29.9 Å². The van der Waals surface area contributed by atoms with Gasteiger partial charge in [0.25, 0.3) is 0 Å². The van der Waals surface area contributed by atoms with Gasteiger partial charge in [-0.3, -0.25) is 0 Å². The number of anilines is 1. The van der Waals surface area contributed by atoms with Gasteiger partial charge in [-0.2, -0.15) is 0 Å². The van der Waals surface area contributed by atoms with Crippen molar-refractivity contribution < 1.29 is 24.1 Å². The number of aryl methyl sites for hydroxylation is 1. The fourth-order valence-electron chi connectivity index (χ4n) is 3.98.